The molecule has 2 aliphatic heterocycles. The number of aromatic nitrogens is 2. The SMILES string of the molecule is CC1(C)OB(c2cccc(-c3ncc(C4C=CCO4)cn3)c2)OC1(C)C. The van der Waals surface area contributed by atoms with Crippen molar-refractivity contribution in [2.24, 2.45) is 0 Å². The highest BCUT2D eigenvalue weighted by molar-refractivity contribution is 6.62. The summed E-state index contributed by atoms with van der Waals surface area (Å²) in [5.74, 6) is 0.675. The van der Waals surface area contributed by atoms with Gasteiger partial charge in [0.05, 0.1) is 17.8 Å². The third kappa shape index (κ3) is 3.09. The lowest BCUT2D eigenvalue weighted by atomic mass is 9.78. The fourth-order valence-corrected chi connectivity index (χ4v) is 3.04. The molecule has 0 N–H and O–H groups in total. The van der Waals surface area contributed by atoms with E-state index >= 15 is 0 Å². The molecule has 3 heterocycles. The number of hydrogen-bond donors (Lipinski definition) is 0. The zero-order valence-electron chi connectivity index (χ0n) is 15.6. The van der Waals surface area contributed by atoms with Crippen LogP contribution in [0, 0.1) is 0 Å². The van der Waals surface area contributed by atoms with Crippen molar-refractivity contribution in [1.29, 1.82) is 0 Å². The maximum atomic E-state index is 6.14. The minimum absolute atomic E-state index is 0.0415. The molecular formula is C20H23BN2O3. The molecular weight excluding hydrogens is 327 g/mol. The van der Waals surface area contributed by atoms with Crippen LogP contribution in [0.5, 0.6) is 0 Å². The lowest BCUT2D eigenvalue weighted by Gasteiger charge is -2.32. The largest absolute Gasteiger partial charge is 0.494 e. The molecule has 5 nitrogen and oxygen atoms in total. The Morgan fingerprint density at radius 3 is 2.35 bits per heavy atom. The first-order valence-electron chi connectivity index (χ1n) is 8.92. The van der Waals surface area contributed by atoms with Crippen molar-refractivity contribution in [3.63, 3.8) is 0 Å². The number of benzene rings is 1. The molecule has 1 saturated heterocycles. The summed E-state index contributed by atoms with van der Waals surface area (Å²) in [6, 6.07) is 8.02. The Hall–Kier alpha value is -2.02. The van der Waals surface area contributed by atoms with Crippen LogP contribution in [0.25, 0.3) is 11.4 Å². The Balaban J connectivity index is 1.57. The maximum absolute atomic E-state index is 6.14. The molecule has 0 aliphatic carbocycles. The molecule has 1 unspecified atom stereocenters. The predicted octanol–water partition coefficient (Wildman–Crippen LogP) is 3.07. The minimum Gasteiger partial charge on any atom is -0.399 e. The van der Waals surface area contributed by atoms with Crippen molar-refractivity contribution >= 4 is 12.6 Å². The van der Waals surface area contributed by atoms with Crippen LogP contribution < -0.4 is 5.46 Å². The third-order valence-electron chi connectivity index (χ3n) is 5.35. The average molecular weight is 350 g/mol. The van der Waals surface area contributed by atoms with Crippen molar-refractivity contribution in [3.05, 3.63) is 54.4 Å². The summed E-state index contributed by atoms with van der Waals surface area (Å²) in [5, 5.41) is 0. The standard InChI is InChI=1S/C20H23BN2O3/c1-19(2)20(3,4)26-21(25-19)16-8-5-7-14(11-16)18-22-12-15(13-23-18)17-9-6-10-24-17/h5-9,11-13,17H,10H2,1-4H3. The van der Waals surface area contributed by atoms with Gasteiger partial charge < -0.3 is 14.0 Å². The van der Waals surface area contributed by atoms with Gasteiger partial charge >= 0.3 is 7.12 Å². The highest BCUT2D eigenvalue weighted by Crippen LogP contribution is 2.36. The Morgan fingerprint density at radius 1 is 1.04 bits per heavy atom. The molecule has 1 aromatic carbocycles. The summed E-state index contributed by atoms with van der Waals surface area (Å²) in [5.41, 5.74) is 2.15. The molecule has 26 heavy (non-hydrogen) atoms. The van der Waals surface area contributed by atoms with E-state index in [9.17, 15) is 0 Å². The van der Waals surface area contributed by atoms with Gasteiger partial charge in [0, 0.05) is 23.5 Å². The Labute approximate surface area is 154 Å². The Bertz CT molecular complexity index is 817. The number of ether oxygens (including phenoxy) is 1. The number of hydrogen-bond acceptors (Lipinski definition) is 5. The molecule has 0 bridgehead atoms. The summed E-state index contributed by atoms with van der Waals surface area (Å²) in [6.07, 6.45) is 7.64. The van der Waals surface area contributed by atoms with Crippen LogP contribution in [0.1, 0.15) is 39.4 Å². The summed E-state index contributed by atoms with van der Waals surface area (Å²) in [7, 11) is -0.392. The van der Waals surface area contributed by atoms with Gasteiger partial charge in [-0.05, 0) is 33.2 Å². The Morgan fingerprint density at radius 2 is 1.73 bits per heavy atom. The van der Waals surface area contributed by atoms with E-state index in [1.807, 2.05) is 48.8 Å². The second-order valence-corrected chi connectivity index (χ2v) is 7.74. The van der Waals surface area contributed by atoms with Crippen molar-refractivity contribution in [2.45, 2.75) is 45.0 Å². The monoisotopic (exact) mass is 350 g/mol. The maximum Gasteiger partial charge on any atom is 0.494 e. The fraction of sp³-hybridized carbons (Fsp3) is 0.400. The van der Waals surface area contributed by atoms with E-state index in [-0.39, 0.29) is 17.3 Å². The Kier molecular flexibility index (Phi) is 4.22. The van der Waals surface area contributed by atoms with Gasteiger partial charge in [-0.15, -0.1) is 0 Å². The molecule has 2 aromatic rings. The molecule has 1 aromatic heterocycles. The smallest absolute Gasteiger partial charge is 0.399 e. The first-order chi connectivity index (χ1) is 12.4. The van der Waals surface area contributed by atoms with Crippen LogP contribution in [-0.4, -0.2) is 34.9 Å². The number of nitrogens with zero attached hydrogens (tertiary/aromatic N) is 2. The summed E-state index contributed by atoms with van der Waals surface area (Å²) >= 11 is 0. The highest BCUT2D eigenvalue weighted by atomic mass is 16.7. The average Bonchev–Trinajstić information content (AvgIpc) is 3.22. The van der Waals surface area contributed by atoms with Crippen molar-refractivity contribution in [1.82, 2.24) is 9.97 Å². The lowest BCUT2D eigenvalue weighted by molar-refractivity contribution is 0.00578. The summed E-state index contributed by atoms with van der Waals surface area (Å²) < 4.78 is 17.9. The van der Waals surface area contributed by atoms with Gasteiger partial charge in [0.2, 0.25) is 0 Å². The van der Waals surface area contributed by atoms with Crippen LogP contribution in [0.15, 0.2) is 48.8 Å². The van der Waals surface area contributed by atoms with Crippen LogP contribution in [-0.2, 0) is 14.0 Å². The van der Waals surface area contributed by atoms with Crippen LogP contribution in [0.3, 0.4) is 0 Å². The molecule has 6 heteroatoms. The fourth-order valence-electron chi connectivity index (χ4n) is 3.04. The van der Waals surface area contributed by atoms with E-state index < -0.39 is 7.12 Å². The van der Waals surface area contributed by atoms with Gasteiger partial charge in [-0.2, -0.15) is 0 Å². The zero-order valence-corrected chi connectivity index (χ0v) is 15.6. The van der Waals surface area contributed by atoms with Crippen LogP contribution >= 0.6 is 0 Å². The highest BCUT2D eigenvalue weighted by Gasteiger charge is 2.51. The lowest BCUT2D eigenvalue weighted by Crippen LogP contribution is -2.41. The molecule has 1 atom stereocenters. The molecule has 0 spiro atoms. The van der Waals surface area contributed by atoms with Gasteiger partial charge in [0.25, 0.3) is 0 Å². The van der Waals surface area contributed by atoms with Gasteiger partial charge in [-0.25, -0.2) is 9.97 Å². The van der Waals surface area contributed by atoms with Crippen LogP contribution in [0.2, 0.25) is 0 Å². The van der Waals surface area contributed by atoms with Crippen molar-refractivity contribution < 1.29 is 14.0 Å². The van der Waals surface area contributed by atoms with Crippen LogP contribution in [0.4, 0.5) is 0 Å². The van der Waals surface area contributed by atoms with Gasteiger partial charge in [0.15, 0.2) is 5.82 Å². The summed E-state index contributed by atoms with van der Waals surface area (Å²) in [4.78, 5) is 9.02. The van der Waals surface area contributed by atoms with E-state index in [0.29, 0.717) is 12.4 Å². The summed E-state index contributed by atoms with van der Waals surface area (Å²) in [6.45, 7) is 8.86. The van der Waals surface area contributed by atoms with E-state index in [2.05, 4.69) is 37.7 Å². The topological polar surface area (TPSA) is 53.5 Å². The van der Waals surface area contributed by atoms with E-state index in [1.54, 1.807) is 0 Å². The number of rotatable bonds is 3. The van der Waals surface area contributed by atoms with Crippen molar-refractivity contribution in [3.8, 4) is 11.4 Å². The molecule has 2 aliphatic rings. The molecule has 1 fully saturated rings. The van der Waals surface area contributed by atoms with Crippen molar-refractivity contribution in [2.75, 3.05) is 6.61 Å². The molecule has 0 amide bonds. The van der Waals surface area contributed by atoms with E-state index in [0.717, 1.165) is 16.6 Å². The zero-order chi connectivity index (χ0) is 18.4. The molecule has 0 saturated carbocycles. The third-order valence-corrected chi connectivity index (χ3v) is 5.35. The van der Waals surface area contributed by atoms with E-state index in [4.69, 9.17) is 14.0 Å². The normalized spacial score (nSPS) is 23.5. The molecule has 0 radical (unpaired) electrons. The van der Waals surface area contributed by atoms with E-state index in [1.165, 1.54) is 0 Å². The molecule has 134 valence electrons. The first-order valence-corrected chi connectivity index (χ1v) is 8.92. The van der Waals surface area contributed by atoms with Gasteiger partial charge in [0.1, 0.15) is 6.10 Å². The second kappa shape index (κ2) is 6.30. The second-order valence-electron chi connectivity index (χ2n) is 7.74. The minimum atomic E-state index is -0.392. The van der Waals surface area contributed by atoms with Gasteiger partial charge in [-0.1, -0.05) is 36.4 Å². The van der Waals surface area contributed by atoms with Gasteiger partial charge in [-0.3, -0.25) is 0 Å². The first kappa shape index (κ1) is 17.4. The molecule has 4 rings (SSSR count). The predicted molar refractivity (Wildman–Crippen MR) is 101 cm³/mol. The quantitative estimate of drug-likeness (QED) is 0.629.